The zero-order valence-electron chi connectivity index (χ0n) is 13.8. The van der Waals surface area contributed by atoms with Crippen LogP contribution in [0.1, 0.15) is 19.4 Å². The van der Waals surface area contributed by atoms with Crippen LogP contribution in [-0.2, 0) is 11.3 Å². The van der Waals surface area contributed by atoms with Gasteiger partial charge in [0.15, 0.2) is 6.61 Å². The molecule has 0 atom stereocenters. The Morgan fingerprint density at radius 1 is 1.00 bits per heavy atom. The van der Waals surface area contributed by atoms with Crippen molar-refractivity contribution in [3.63, 3.8) is 0 Å². The number of benzene rings is 2. The molecule has 1 N–H and O–H groups in total. The van der Waals surface area contributed by atoms with E-state index in [1.807, 2.05) is 54.6 Å². The van der Waals surface area contributed by atoms with E-state index >= 15 is 0 Å². The molecule has 0 bridgehead atoms. The molecule has 0 aliphatic heterocycles. The molecule has 0 unspecified atom stereocenters. The second-order valence-electron chi connectivity index (χ2n) is 5.31. The molecule has 4 nitrogen and oxygen atoms in total. The summed E-state index contributed by atoms with van der Waals surface area (Å²) in [5.41, 5.74) is 2.03. The van der Waals surface area contributed by atoms with Crippen molar-refractivity contribution in [2.45, 2.75) is 20.4 Å². The van der Waals surface area contributed by atoms with Crippen molar-refractivity contribution in [3.05, 3.63) is 60.2 Å². The monoisotopic (exact) mass is 312 g/mol. The van der Waals surface area contributed by atoms with Gasteiger partial charge in [0, 0.05) is 12.2 Å². The van der Waals surface area contributed by atoms with Gasteiger partial charge in [-0.3, -0.25) is 9.69 Å². The van der Waals surface area contributed by atoms with Crippen molar-refractivity contribution >= 4 is 11.6 Å². The SMILES string of the molecule is CCN(CC)Cc1ccc(NC(=O)COc2ccccc2)cc1. The highest BCUT2D eigenvalue weighted by Crippen LogP contribution is 2.12. The number of rotatable bonds is 8. The number of hydrogen-bond donors (Lipinski definition) is 1. The molecular weight excluding hydrogens is 288 g/mol. The molecule has 0 aliphatic carbocycles. The zero-order chi connectivity index (χ0) is 16.5. The van der Waals surface area contributed by atoms with Gasteiger partial charge in [0.2, 0.25) is 0 Å². The summed E-state index contributed by atoms with van der Waals surface area (Å²) in [6.45, 7) is 7.32. The molecule has 0 spiro atoms. The molecule has 23 heavy (non-hydrogen) atoms. The number of nitrogens with zero attached hydrogens (tertiary/aromatic N) is 1. The third kappa shape index (κ3) is 5.75. The van der Waals surface area contributed by atoms with E-state index in [0.29, 0.717) is 5.75 Å². The van der Waals surface area contributed by atoms with Crippen LogP contribution in [0.25, 0.3) is 0 Å². The summed E-state index contributed by atoms with van der Waals surface area (Å²) in [7, 11) is 0. The van der Waals surface area contributed by atoms with Crippen LogP contribution in [0.15, 0.2) is 54.6 Å². The smallest absolute Gasteiger partial charge is 0.262 e. The van der Waals surface area contributed by atoms with Crippen LogP contribution >= 0.6 is 0 Å². The van der Waals surface area contributed by atoms with Crippen LogP contribution in [0.4, 0.5) is 5.69 Å². The van der Waals surface area contributed by atoms with Gasteiger partial charge in [-0.15, -0.1) is 0 Å². The second-order valence-corrected chi connectivity index (χ2v) is 5.31. The maximum Gasteiger partial charge on any atom is 0.262 e. The summed E-state index contributed by atoms with van der Waals surface area (Å²) in [6, 6.07) is 17.3. The number of nitrogens with one attached hydrogen (secondary N) is 1. The average Bonchev–Trinajstić information content (AvgIpc) is 2.60. The summed E-state index contributed by atoms with van der Waals surface area (Å²) < 4.78 is 5.43. The van der Waals surface area contributed by atoms with Crippen LogP contribution < -0.4 is 10.1 Å². The van der Waals surface area contributed by atoms with Crippen LogP contribution in [-0.4, -0.2) is 30.5 Å². The predicted octanol–water partition coefficient (Wildman–Crippen LogP) is 3.55. The minimum atomic E-state index is -0.162. The zero-order valence-corrected chi connectivity index (χ0v) is 13.8. The predicted molar refractivity (Wildman–Crippen MR) is 93.6 cm³/mol. The molecule has 0 saturated carbocycles. The maximum atomic E-state index is 11.9. The van der Waals surface area contributed by atoms with E-state index in [0.717, 1.165) is 25.3 Å². The van der Waals surface area contributed by atoms with Crippen LogP contribution in [0.3, 0.4) is 0 Å². The van der Waals surface area contributed by atoms with Gasteiger partial charge >= 0.3 is 0 Å². The third-order valence-corrected chi connectivity index (χ3v) is 3.65. The number of carbonyl (C=O) groups is 1. The number of para-hydroxylation sites is 1. The Morgan fingerprint density at radius 3 is 2.26 bits per heavy atom. The van der Waals surface area contributed by atoms with Crippen LogP contribution in [0, 0.1) is 0 Å². The van der Waals surface area contributed by atoms with Crippen LogP contribution in [0.5, 0.6) is 5.75 Å². The molecule has 0 fully saturated rings. The van der Waals surface area contributed by atoms with Gasteiger partial charge < -0.3 is 10.1 Å². The first-order valence-electron chi connectivity index (χ1n) is 8.00. The van der Waals surface area contributed by atoms with E-state index < -0.39 is 0 Å². The van der Waals surface area contributed by atoms with Gasteiger partial charge in [-0.05, 0) is 42.9 Å². The Bertz CT molecular complexity index is 593. The molecular formula is C19H24N2O2. The molecule has 0 heterocycles. The summed E-state index contributed by atoms with van der Waals surface area (Å²) in [5.74, 6) is 0.530. The molecule has 2 rings (SSSR count). The first kappa shape index (κ1) is 17.0. The summed E-state index contributed by atoms with van der Waals surface area (Å²) in [4.78, 5) is 14.2. The highest BCUT2D eigenvalue weighted by atomic mass is 16.5. The van der Waals surface area contributed by atoms with Crippen molar-refractivity contribution < 1.29 is 9.53 Å². The molecule has 0 saturated heterocycles. The molecule has 122 valence electrons. The molecule has 2 aromatic rings. The van der Waals surface area contributed by atoms with Gasteiger partial charge in [0.05, 0.1) is 0 Å². The fourth-order valence-electron chi connectivity index (χ4n) is 2.26. The van der Waals surface area contributed by atoms with E-state index in [1.165, 1.54) is 5.56 Å². The lowest BCUT2D eigenvalue weighted by Gasteiger charge is -2.18. The van der Waals surface area contributed by atoms with Crippen molar-refractivity contribution in [3.8, 4) is 5.75 Å². The summed E-state index contributed by atoms with van der Waals surface area (Å²) in [5, 5.41) is 2.84. The first-order valence-corrected chi connectivity index (χ1v) is 8.00. The van der Waals surface area contributed by atoms with Gasteiger partial charge in [0.25, 0.3) is 5.91 Å². The summed E-state index contributed by atoms with van der Waals surface area (Å²) in [6.07, 6.45) is 0. The Balaban J connectivity index is 1.82. The molecule has 0 aromatic heterocycles. The number of ether oxygens (including phenoxy) is 1. The van der Waals surface area contributed by atoms with E-state index in [4.69, 9.17) is 4.74 Å². The minimum absolute atomic E-state index is 0.00517. The quantitative estimate of drug-likeness (QED) is 0.810. The first-order chi connectivity index (χ1) is 11.2. The van der Waals surface area contributed by atoms with Crippen molar-refractivity contribution in [1.29, 1.82) is 0 Å². The number of carbonyl (C=O) groups excluding carboxylic acids is 1. The molecule has 0 aliphatic rings. The molecule has 0 radical (unpaired) electrons. The molecule has 1 amide bonds. The standard InChI is InChI=1S/C19H24N2O2/c1-3-21(4-2)14-16-10-12-17(13-11-16)20-19(22)15-23-18-8-6-5-7-9-18/h5-13H,3-4,14-15H2,1-2H3,(H,20,22). The minimum Gasteiger partial charge on any atom is -0.484 e. The Labute approximate surface area is 138 Å². The Hall–Kier alpha value is -2.33. The molecule has 2 aromatic carbocycles. The highest BCUT2D eigenvalue weighted by molar-refractivity contribution is 5.91. The maximum absolute atomic E-state index is 11.9. The van der Waals surface area contributed by atoms with E-state index in [1.54, 1.807) is 0 Å². The van der Waals surface area contributed by atoms with Crippen molar-refractivity contribution in [2.24, 2.45) is 0 Å². The van der Waals surface area contributed by atoms with Crippen LogP contribution in [0.2, 0.25) is 0 Å². The van der Waals surface area contributed by atoms with Crippen molar-refractivity contribution in [2.75, 3.05) is 25.0 Å². The fourth-order valence-corrected chi connectivity index (χ4v) is 2.26. The van der Waals surface area contributed by atoms with E-state index in [9.17, 15) is 4.79 Å². The van der Waals surface area contributed by atoms with Gasteiger partial charge in [0.1, 0.15) is 5.75 Å². The number of anilines is 1. The van der Waals surface area contributed by atoms with E-state index in [2.05, 4.69) is 24.1 Å². The average molecular weight is 312 g/mol. The Kier molecular flexibility index (Phi) is 6.63. The third-order valence-electron chi connectivity index (χ3n) is 3.65. The number of hydrogen-bond acceptors (Lipinski definition) is 3. The number of amides is 1. The normalized spacial score (nSPS) is 10.6. The fraction of sp³-hybridized carbons (Fsp3) is 0.316. The highest BCUT2D eigenvalue weighted by Gasteiger charge is 2.05. The topological polar surface area (TPSA) is 41.6 Å². The van der Waals surface area contributed by atoms with Gasteiger partial charge in [-0.25, -0.2) is 0 Å². The van der Waals surface area contributed by atoms with Gasteiger partial charge in [-0.2, -0.15) is 0 Å². The van der Waals surface area contributed by atoms with Crippen molar-refractivity contribution in [1.82, 2.24) is 4.90 Å². The largest absolute Gasteiger partial charge is 0.484 e. The lowest BCUT2D eigenvalue weighted by molar-refractivity contribution is -0.118. The lowest BCUT2D eigenvalue weighted by Crippen LogP contribution is -2.22. The van der Waals surface area contributed by atoms with Gasteiger partial charge in [-0.1, -0.05) is 44.2 Å². The molecule has 4 heteroatoms. The lowest BCUT2D eigenvalue weighted by atomic mass is 10.2. The van der Waals surface area contributed by atoms with E-state index in [-0.39, 0.29) is 12.5 Å². The summed E-state index contributed by atoms with van der Waals surface area (Å²) >= 11 is 0. The Morgan fingerprint density at radius 2 is 1.65 bits per heavy atom. The second kappa shape index (κ2) is 8.96.